The largest absolute Gasteiger partial charge is 0.407 e. The molecule has 3 nitrogen and oxygen atoms in total. The summed E-state index contributed by atoms with van der Waals surface area (Å²) >= 11 is 11.5. The van der Waals surface area contributed by atoms with E-state index in [0.717, 1.165) is 16.1 Å². The molecule has 0 spiro atoms. The summed E-state index contributed by atoms with van der Waals surface area (Å²) in [6.45, 7) is 0. The van der Waals surface area contributed by atoms with Crippen LogP contribution in [0.3, 0.4) is 0 Å². The molecule has 2 aromatic carbocycles. The number of aromatic nitrogens is 1. The van der Waals surface area contributed by atoms with Crippen molar-refractivity contribution >= 4 is 42.2 Å². The zero-order valence-corrected chi connectivity index (χ0v) is 15.0. The van der Waals surface area contributed by atoms with Gasteiger partial charge in [0.15, 0.2) is 3.95 Å². The normalized spacial score (nSPS) is 19.6. The molecule has 2 heterocycles. The minimum Gasteiger partial charge on any atom is -0.407 e. The average molecular weight is 372 g/mol. The molecule has 1 aromatic heterocycles. The molecule has 0 radical (unpaired) electrons. The Labute approximate surface area is 153 Å². The molecule has 0 fully saturated rings. The van der Waals surface area contributed by atoms with Crippen molar-refractivity contribution in [2.45, 2.75) is 11.2 Å². The highest BCUT2D eigenvalue weighted by Crippen LogP contribution is 2.45. The lowest BCUT2D eigenvalue weighted by Crippen LogP contribution is -2.33. The first-order valence-electron chi connectivity index (χ1n) is 7.42. The van der Waals surface area contributed by atoms with Gasteiger partial charge in [-0.3, -0.25) is 9.36 Å². The van der Waals surface area contributed by atoms with Crippen LogP contribution in [0.15, 0.2) is 60.7 Å². The number of esters is 1. The Morgan fingerprint density at radius 2 is 1.67 bits per heavy atom. The lowest BCUT2D eigenvalue weighted by atomic mass is 9.92. The molecule has 3 aromatic rings. The second kappa shape index (κ2) is 6.20. The molecule has 4 rings (SSSR count). The predicted octanol–water partition coefficient (Wildman–Crippen LogP) is 4.62. The van der Waals surface area contributed by atoms with Crippen LogP contribution in [-0.4, -0.2) is 15.8 Å². The van der Waals surface area contributed by atoms with Crippen LogP contribution in [0.1, 0.15) is 16.4 Å². The number of fused-ring (bicyclic) bond motifs is 1. The molecular formula is C18H13NO2S3. The summed E-state index contributed by atoms with van der Waals surface area (Å²) < 4.78 is 8.07. The smallest absolute Gasteiger partial charge is 0.326 e. The second-order valence-electron chi connectivity index (χ2n) is 5.46. The van der Waals surface area contributed by atoms with Crippen molar-refractivity contribution in [3.05, 3.63) is 75.1 Å². The summed E-state index contributed by atoms with van der Waals surface area (Å²) in [5.74, 6) is -0.0000313. The van der Waals surface area contributed by atoms with Gasteiger partial charge >= 0.3 is 5.97 Å². The molecule has 0 saturated carbocycles. The van der Waals surface area contributed by atoms with E-state index in [2.05, 4.69) is 12.6 Å². The van der Waals surface area contributed by atoms with E-state index in [9.17, 15) is 4.79 Å². The number of ether oxygens (including phenoxy) is 1. The van der Waals surface area contributed by atoms with Gasteiger partial charge in [-0.05, 0) is 29.9 Å². The zero-order valence-electron chi connectivity index (χ0n) is 12.5. The van der Waals surface area contributed by atoms with Crippen molar-refractivity contribution in [1.82, 2.24) is 4.57 Å². The third-order valence-corrected chi connectivity index (χ3v) is 5.95. The summed E-state index contributed by atoms with van der Waals surface area (Å²) in [7, 11) is 0. The SMILES string of the molecule is O=C1Oc2c(sc(=S)n2-c2ccccc2)[C@H](c2ccccc2)[C@H]1S. The summed E-state index contributed by atoms with van der Waals surface area (Å²) in [5.41, 5.74) is 1.92. The Balaban J connectivity index is 1.94. The summed E-state index contributed by atoms with van der Waals surface area (Å²) in [6.07, 6.45) is 0. The van der Waals surface area contributed by atoms with Gasteiger partial charge in [0.05, 0.1) is 10.6 Å². The first-order chi connectivity index (χ1) is 11.7. The Hall–Kier alpha value is -1.89. The van der Waals surface area contributed by atoms with Gasteiger partial charge in [-0.2, -0.15) is 12.6 Å². The zero-order chi connectivity index (χ0) is 16.7. The molecule has 24 heavy (non-hydrogen) atoms. The summed E-state index contributed by atoms with van der Waals surface area (Å²) in [6, 6.07) is 19.6. The van der Waals surface area contributed by atoms with Gasteiger partial charge in [0.2, 0.25) is 5.88 Å². The van der Waals surface area contributed by atoms with Crippen molar-refractivity contribution in [1.29, 1.82) is 0 Å². The van der Waals surface area contributed by atoms with Gasteiger partial charge in [0.25, 0.3) is 0 Å². The van der Waals surface area contributed by atoms with Gasteiger partial charge in [-0.1, -0.05) is 48.5 Å². The van der Waals surface area contributed by atoms with Crippen molar-refractivity contribution in [2.24, 2.45) is 0 Å². The fourth-order valence-corrected chi connectivity index (χ4v) is 4.92. The van der Waals surface area contributed by atoms with Gasteiger partial charge in [-0.15, -0.1) is 11.3 Å². The fraction of sp³-hybridized carbons (Fsp3) is 0.111. The van der Waals surface area contributed by atoms with Gasteiger partial charge < -0.3 is 4.74 Å². The van der Waals surface area contributed by atoms with E-state index in [4.69, 9.17) is 17.0 Å². The Kier molecular flexibility index (Phi) is 4.04. The Morgan fingerprint density at radius 1 is 1.04 bits per heavy atom. The molecule has 1 aliphatic heterocycles. The highest BCUT2D eigenvalue weighted by molar-refractivity contribution is 7.81. The van der Waals surface area contributed by atoms with E-state index in [1.807, 2.05) is 65.2 Å². The number of hydrogen-bond donors (Lipinski definition) is 1. The number of hydrogen-bond acceptors (Lipinski definition) is 5. The number of para-hydroxylation sites is 1. The van der Waals surface area contributed by atoms with E-state index >= 15 is 0 Å². The first-order valence-corrected chi connectivity index (χ1v) is 9.17. The number of nitrogens with zero attached hydrogens (tertiary/aromatic N) is 1. The summed E-state index contributed by atoms with van der Waals surface area (Å²) in [5, 5.41) is -0.544. The van der Waals surface area contributed by atoms with Crippen LogP contribution in [0, 0.1) is 3.95 Å². The average Bonchev–Trinajstić information content (AvgIpc) is 2.93. The van der Waals surface area contributed by atoms with Gasteiger partial charge in [0.1, 0.15) is 5.25 Å². The van der Waals surface area contributed by atoms with Gasteiger partial charge in [-0.25, -0.2) is 0 Å². The monoisotopic (exact) mass is 371 g/mol. The predicted molar refractivity (Wildman–Crippen MR) is 101 cm³/mol. The molecule has 0 bridgehead atoms. The third kappa shape index (κ3) is 2.51. The standard InChI is InChI=1S/C18H13NO2S3/c20-17-14(22)13(11-7-3-1-4-8-11)15-16(21-17)19(18(23)24-15)12-9-5-2-6-10-12/h1-10,13-14,22H/t13-,14-/m1/s1. The van der Waals surface area contributed by atoms with Crippen LogP contribution in [0.25, 0.3) is 5.69 Å². The fourth-order valence-electron chi connectivity index (χ4n) is 2.90. The lowest BCUT2D eigenvalue weighted by Gasteiger charge is -2.27. The molecule has 0 unspecified atom stereocenters. The van der Waals surface area contributed by atoms with Crippen molar-refractivity contribution in [2.75, 3.05) is 0 Å². The maximum Gasteiger partial charge on any atom is 0.326 e. The van der Waals surface area contributed by atoms with Crippen LogP contribution in [0.5, 0.6) is 5.88 Å². The van der Waals surface area contributed by atoms with Crippen molar-refractivity contribution in [3.63, 3.8) is 0 Å². The van der Waals surface area contributed by atoms with E-state index in [0.29, 0.717) is 9.83 Å². The molecule has 0 N–H and O–H groups in total. The van der Waals surface area contributed by atoms with Crippen LogP contribution in [0.4, 0.5) is 0 Å². The van der Waals surface area contributed by atoms with Crippen LogP contribution in [0.2, 0.25) is 0 Å². The topological polar surface area (TPSA) is 31.2 Å². The lowest BCUT2D eigenvalue weighted by molar-refractivity contribution is -0.135. The number of thiol groups is 1. The number of rotatable bonds is 2. The first kappa shape index (κ1) is 15.6. The molecular weight excluding hydrogens is 358 g/mol. The number of benzene rings is 2. The maximum absolute atomic E-state index is 12.4. The number of thiazole rings is 1. The second-order valence-corrected chi connectivity index (χ2v) is 7.69. The highest BCUT2D eigenvalue weighted by Gasteiger charge is 2.40. The van der Waals surface area contributed by atoms with Gasteiger partial charge in [0, 0.05) is 5.92 Å². The van der Waals surface area contributed by atoms with E-state index in [-0.39, 0.29) is 11.9 Å². The molecule has 1 aliphatic rings. The van der Waals surface area contributed by atoms with E-state index in [1.54, 1.807) is 0 Å². The van der Waals surface area contributed by atoms with E-state index in [1.165, 1.54) is 11.3 Å². The third-order valence-electron chi connectivity index (χ3n) is 4.00. The maximum atomic E-state index is 12.4. The molecule has 0 aliphatic carbocycles. The van der Waals surface area contributed by atoms with Crippen LogP contribution in [-0.2, 0) is 4.79 Å². The van der Waals surface area contributed by atoms with E-state index < -0.39 is 5.25 Å². The number of carbonyl (C=O) groups is 1. The molecule has 6 heteroatoms. The minimum absolute atomic E-state index is 0.164. The Bertz CT molecular complexity index is 947. The Morgan fingerprint density at radius 3 is 2.33 bits per heavy atom. The quantitative estimate of drug-likeness (QED) is 0.405. The molecule has 0 amide bonds. The molecule has 0 saturated heterocycles. The summed E-state index contributed by atoms with van der Waals surface area (Å²) in [4.78, 5) is 13.3. The minimum atomic E-state index is -0.544. The van der Waals surface area contributed by atoms with Crippen LogP contribution >= 0.6 is 36.2 Å². The van der Waals surface area contributed by atoms with Crippen molar-refractivity contribution < 1.29 is 9.53 Å². The van der Waals surface area contributed by atoms with Crippen molar-refractivity contribution in [3.8, 4) is 11.6 Å². The number of carbonyl (C=O) groups excluding carboxylic acids is 1. The highest BCUT2D eigenvalue weighted by atomic mass is 32.1. The molecule has 120 valence electrons. The van der Waals surface area contributed by atoms with Crippen LogP contribution < -0.4 is 4.74 Å². The molecule has 2 atom stereocenters.